The molecule has 1 aromatic carbocycles. The van der Waals surface area contributed by atoms with Crippen molar-refractivity contribution in [1.29, 1.82) is 0 Å². The van der Waals surface area contributed by atoms with Gasteiger partial charge in [-0.3, -0.25) is 8.89 Å². The zero-order valence-corrected chi connectivity index (χ0v) is 17.5. The molecular formula is C21H15FN6O3S. The second-order valence-corrected chi connectivity index (χ2v) is 9.05. The van der Waals surface area contributed by atoms with E-state index in [-0.39, 0.29) is 17.7 Å². The molecule has 9 nitrogen and oxygen atoms in total. The molecule has 0 radical (unpaired) electrons. The maximum atomic E-state index is 13.5. The van der Waals surface area contributed by atoms with Crippen LogP contribution in [0.3, 0.4) is 0 Å². The van der Waals surface area contributed by atoms with E-state index in [1.54, 1.807) is 25.1 Å². The second kappa shape index (κ2) is 7.16. The molecule has 11 heteroatoms. The van der Waals surface area contributed by atoms with Crippen LogP contribution < -0.4 is 0 Å². The highest BCUT2D eigenvalue weighted by Gasteiger charge is 2.30. The van der Waals surface area contributed by atoms with Crippen molar-refractivity contribution in [2.75, 3.05) is 11.5 Å². The first-order valence-electron chi connectivity index (χ1n) is 9.81. The van der Waals surface area contributed by atoms with Gasteiger partial charge in [-0.2, -0.15) is 10.1 Å². The van der Waals surface area contributed by atoms with Crippen molar-refractivity contribution in [1.82, 2.24) is 29.9 Å². The van der Waals surface area contributed by atoms with Gasteiger partial charge in [-0.1, -0.05) is 5.16 Å². The van der Waals surface area contributed by atoms with Crippen molar-refractivity contribution in [3.05, 3.63) is 54.5 Å². The molecule has 32 heavy (non-hydrogen) atoms. The van der Waals surface area contributed by atoms with Crippen LogP contribution in [0.4, 0.5) is 4.39 Å². The Bertz CT molecular complexity index is 1480. The zero-order valence-electron chi connectivity index (χ0n) is 16.7. The molecule has 0 aliphatic carbocycles. The first-order valence-corrected chi connectivity index (χ1v) is 11.3. The Morgan fingerprint density at radius 1 is 1.16 bits per heavy atom. The van der Waals surface area contributed by atoms with E-state index in [2.05, 4.69) is 20.1 Å². The minimum Gasteiger partial charge on any atom is -0.432 e. The van der Waals surface area contributed by atoms with Gasteiger partial charge in [0.05, 0.1) is 17.1 Å². The number of furan rings is 1. The topological polar surface area (TPSA) is 113 Å². The molecule has 4 aromatic heterocycles. The Morgan fingerprint density at radius 2 is 1.97 bits per heavy atom. The molecule has 1 aliphatic heterocycles. The number of benzene rings is 1. The number of rotatable bonds is 4. The van der Waals surface area contributed by atoms with Gasteiger partial charge in [0.25, 0.3) is 5.89 Å². The maximum absolute atomic E-state index is 13.5. The molecule has 1 saturated heterocycles. The number of aryl methyl sites for hydroxylation is 1. The maximum Gasteiger partial charge on any atom is 0.293 e. The summed E-state index contributed by atoms with van der Waals surface area (Å²) in [6.45, 7) is 1.72. The van der Waals surface area contributed by atoms with E-state index in [4.69, 9.17) is 14.0 Å². The van der Waals surface area contributed by atoms with Crippen molar-refractivity contribution in [2.45, 2.75) is 13.0 Å². The lowest BCUT2D eigenvalue weighted by atomic mass is 10.0. The molecule has 5 heterocycles. The van der Waals surface area contributed by atoms with Gasteiger partial charge in [0, 0.05) is 45.7 Å². The smallest absolute Gasteiger partial charge is 0.293 e. The molecule has 0 spiro atoms. The fourth-order valence-electron chi connectivity index (χ4n) is 3.68. The minimum atomic E-state index is -0.824. The Kier molecular flexibility index (Phi) is 4.25. The van der Waals surface area contributed by atoms with E-state index in [9.17, 15) is 8.60 Å². The van der Waals surface area contributed by atoms with Crippen LogP contribution in [-0.4, -0.2) is 45.6 Å². The van der Waals surface area contributed by atoms with Gasteiger partial charge in [0.2, 0.25) is 5.71 Å². The van der Waals surface area contributed by atoms with Gasteiger partial charge in [-0.25, -0.2) is 14.4 Å². The number of hydrogen-bond donors (Lipinski definition) is 0. The highest BCUT2D eigenvalue weighted by Crippen LogP contribution is 2.37. The SMILES string of the molecule is Cc1noc(-c2cc3c(-c4cn(C5CS(=O)C5)nc4-c4ccc(F)cc4)ncnc3o2)n1. The quantitative estimate of drug-likeness (QED) is 0.409. The Hall–Kier alpha value is -3.73. The predicted molar refractivity (Wildman–Crippen MR) is 113 cm³/mol. The van der Waals surface area contributed by atoms with Crippen LogP contribution in [0.15, 0.2) is 51.8 Å². The lowest BCUT2D eigenvalue weighted by molar-refractivity contribution is 0.414. The first-order chi connectivity index (χ1) is 15.5. The number of fused-ring (bicyclic) bond motifs is 1. The van der Waals surface area contributed by atoms with Crippen LogP contribution in [0.1, 0.15) is 11.9 Å². The van der Waals surface area contributed by atoms with Crippen LogP contribution >= 0.6 is 0 Å². The summed E-state index contributed by atoms with van der Waals surface area (Å²) >= 11 is 0. The third-order valence-electron chi connectivity index (χ3n) is 5.30. The Morgan fingerprint density at radius 3 is 2.69 bits per heavy atom. The van der Waals surface area contributed by atoms with E-state index < -0.39 is 10.8 Å². The molecule has 0 bridgehead atoms. The summed E-state index contributed by atoms with van der Waals surface area (Å²) in [7, 11) is -0.824. The Balaban J connectivity index is 1.53. The lowest BCUT2D eigenvalue weighted by Gasteiger charge is -2.24. The van der Waals surface area contributed by atoms with E-state index in [0.29, 0.717) is 45.6 Å². The van der Waals surface area contributed by atoms with E-state index >= 15 is 0 Å². The molecule has 0 amide bonds. The summed E-state index contributed by atoms with van der Waals surface area (Å²) in [6, 6.07) is 7.92. The molecule has 0 saturated carbocycles. The summed E-state index contributed by atoms with van der Waals surface area (Å²) in [6.07, 6.45) is 3.29. The van der Waals surface area contributed by atoms with Crippen LogP contribution in [0, 0.1) is 12.7 Å². The van der Waals surface area contributed by atoms with E-state index in [0.717, 1.165) is 11.1 Å². The zero-order chi connectivity index (χ0) is 21.8. The summed E-state index contributed by atoms with van der Waals surface area (Å²) in [5.74, 6) is 1.89. The number of nitrogens with zero attached hydrogens (tertiary/aromatic N) is 6. The first kappa shape index (κ1) is 19.0. The van der Waals surface area contributed by atoms with Gasteiger partial charge in [0.15, 0.2) is 11.6 Å². The van der Waals surface area contributed by atoms with Crippen molar-refractivity contribution in [2.24, 2.45) is 0 Å². The van der Waals surface area contributed by atoms with Gasteiger partial charge < -0.3 is 8.94 Å². The van der Waals surface area contributed by atoms with Crippen molar-refractivity contribution >= 4 is 21.9 Å². The molecular weight excluding hydrogens is 435 g/mol. The third kappa shape index (κ3) is 3.12. The Labute approximate surface area is 182 Å². The molecule has 5 aromatic rings. The summed E-state index contributed by atoms with van der Waals surface area (Å²) in [5, 5.41) is 9.20. The molecule has 160 valence electrons. The third-order valence-corrected chi connectivity index (χ3v) is 6.82. The van der Waals surface area contributed by atoms with Crippen molar-refractivity contribution < 1.29 is 17.5 Å². The van der Waals surface area contributed by atoms with Crippen molar-refractivity contribution in [3.8, 4) is 34.2 Å². The lowest BCUT2D eigenvalue weighted by Crippen LogP contribution is -2.33. The molecule has 0 unspecified atom stereocenters. The monoisotopic (exact) mass is 450 g/mol. The molecule has 1 fully saturated rings. The number of hydrogen-bond acceptors (Lipinski definition) is 8. The highest BCUT2D eigenvalue weighted by atomic mass is 32.2. The summed E-state index contributed by atoms with van der Waals surface area (Å²) in [4.78, 5) is 12.9. The summed E-state index contributed by atoms with van der Waals surface area (Å²) in [5.41, 5.74) is 3.08. The predicted octanol–water partition coefficient (Wildman–Crippen LogP) is 3.55. The van der Waals surface area contributed by atoms with Crippen LogP contribution in [0.5, 0.6) is 0 Å². The van der Waals surface area contributed by atoms with E-state index in [1.807, 2.05) is 10.9 Å². The van der Waals surface area contributed by atoms with Crippen LogP contribution in [0.2, 0.25) is 0 Å². The standard InChI is InChI=1S/C21H15FN6O3S/c1-11-25-21(31-27-11)17-6-15-19(23-10-24-20(15)30-17)16-7-28(14-8-32(29)9-14)26-18(16)12-2-4-13(22)5-3-12/h2-7,10,14H,8-9H2,1H3. The van der Waals surface area contributed by atoms with Gasteiger partial charge in [0.1, 0.15) is 17.8 Å². The average Bonchev–Trinajstić information content (AvgIpc) is 3.49. The van der Waals surface area contributed by atoms with Gasteiger partial charge >= 0.3 is 0 Å². The largest absolute Gasteiger partial charge is 0.432 e. The average molecular weight is 450 g/mol. The van der Waals surface area contributed by atoms with E-state index in [1.165, 1.54) is 18.5 Å². The number of aromatic nitrogens is 6. The highest BCUT2D eigenvalue weighted by molar-refractivity contribution is 7.86. The minimum absolute atomic E-state index is 0.0439. The normalized spacial score (nSPS) is 18.2. The summed E-state index contributed by atoms with van der Waals surface area (Å²) < 4.78 is 38.0. The van der Waals surface area contributed by atoms with Crippen molar-refractivity contribution in [3.63, 3.8) is 0 Å². The molecule has 0 atom stereocenters. The fraction of sp³-hybridized carbons (Fsp3) is 0.190. The van der Waals surface area contributed by atoms with Gasteiger partial charge in [-0.15, -0.1) is 0 Å². The molecule has 6 rings (SSSR count). The molecule has 0 N–H and O–H groups in total. The fourth-order valence-corrected chi connectivity index (χ4v) is 4.74. The van der Waals surface area contributed by atoms with Crippen LogP contribution in [-0.2, 0) is 10.8 Å². The van der Waals surface area contributed by atoms with Crippen LogP contribution in [0.25, 0.3) is 45.3 Å². The number of halogens is 1. The van der Waals surface area contributed by atoms with Gasteiger partial charge in [-0.05, 0) is 31.2 Å². The second-order valence-electron chi connectivity index (χ2n) is 7.50. The molecule has 1 aliphatic rings.